The van der Waals surface area contributed by atoms with E-state index in [9.17, 15) is 36.0 Å². The molecule has 55 heavy (non-hydrogen) atoms. The van der Waals surface area contributed by atoms with Crippen molar-refractivity contribution in [3.8, 4) is 0 Å². The number of ether oxygens (including phenoxy) is 2. The highest BCUT2D eigenvalue weighted by atomic mass is 32.2. The van der Waals surface area contributed by atoms with E-state index in [0.29, 0.717) is 62.7 Å². The van der Waals surface area contributed by atoms with Crippen LogP contribution in [0.3, 0.4) is 0 Å². The summed E-state index contributed by atoms with van der Waals surface area (Å²) in [6.45, 7) is 1.64. The number of hydrogen-bond acceptors (Lipinski definition) is 12. The van der Waals surface area contributed by atoms with Crippen LogP contribution in [-0.4, -0.2) is 116 Å². The van der Waals surface area contributed by atoms with Crippen LogP contribution in [0.2, 0.25) is 0 Å². The fourth-order valence-corrected chi connectivity index (χ4v) is 8.84. The highest BCUT2D eigenvalue weighted by Gasteiger charge is 2.42. The summed E-state index contributed by atoms with van der Waals surface area (Å²) in [6.07, 6.45) is 5.04. The Kier molecular flexibility index (Phi) is 17.6. The first-order chi connectivity index (χ1) is 26.3. The van der Waals surface area contributed by atoms with Crippen LogP contribution in [0.5, 0.6) is 0 Å². The molecular weight excluding hydrogens is 777 g/mol. The molecule has 0 spiro atoms. The summed E-state index contributed by atoms with van der Waals surface area (Å²) in [4.78, 5) is 48.2. The van der Waals surface area contributed by atoms with Crippen LogP contribution in [0.1, 0.15) is 65.7 Å². The maximum absolute atomic E-state index is 12.7. The van der Waals surface area contributed by atoms with Crippen molar-refractivity contribution in [2.45, 2.75) is 72.1 Å². The molecule has 0 radical (unpaired) electrons. The second kappa shape index (κ2) is 22.1. The lowest BCUT2D eigenvalue weighted by Crippen LogP contribution is -2.36. The average molecular weight is 827 g/mol. The predicted molar refractivity (Wildman–Crippen MR) is 205 cm³/mol. The lowest BCUT2D eigenvalue weighted by atomic mass is 10.0. The number of nitrogens with one attached hydrogen (secondary N) is 5. The molecule has 3 atom stereocenters. The van der Waals surface area contributed by atoms with Crippen molar-refractivity contribution in [3.63, 3.8) is 0 Å². The first-order valence-electron chi connectivity index (χ1n) is 18.1. The molecule has 2 fully saturated rings. The number of urea groups is 1. The van der Waals surface area contributed by atoms with E-state index >= 15 is 0 Å². The summed E-state index contributed by atoms with van der Waals surface area (Å²) in [5.74, 6) is 0.0887. The first-order valence-corrected chi connectivity index (χ1v) is 22.1. The van der Waals surface area contributed by atoms with E-state index in [0.717, 1.165) is 25.0 Å². The molecule has 0 aliphatic carbocycles. The Morgan fingerprint density at radius 3 is 2.13 bits per heavy atom. The SMILES string of the molecule is NS(=O)(=O)c1ccc(C(=O)NCCCCCNC(=O)c2cccc(S(=O)(=O)OCCOCCOCCNC(=O)CCCC[C@@H]3SC[C@@H]4NC(=O)N[C@@H]43)c2)cc1. The molecule has 2 aromatic rings. The van der Waals surface area contributed by atoms with E-state index in [2.05, 4.69) is 26.6 Å². The van der Waals surface area contributed by atoms with Crippen molar-refractivity contribution < 1.29 is 49.7 Å². The molecule has 2 aromatic carbocycles. The number of sulfonamides is 1. The smallest absolute Gasteiger partial charge is 0.315 e. The number of nitrogens with two attached hydrogens (primary N) is 1. The Labute approximate surface area is 326 Å². The molecule has 4 rings (SSSR count). The van der Waals surface area contributed by atoms with Gasteiger partial charge in [0.15, 0.2) is 0 Å². The number of carbonyl (C=O) groups excluding carboxylic acids is 4. The molecule has 0 aromatic heterocycles. The van der Waals surface area contributed by atoms with E-state index < -0.39 is 26.0 Å². The Morgan fingerprint density at radius 1 is 0.745 bits per heavy atom. The number of primary sulfonamides is 1. The summed E-state index contributed by atoms with van der Waals surface area (Å²) in [7, 11) is -7.97. The van der Waals surface area contributed by atoms with Crippen molar-refractivity contribution in [2.24, 2.45) is 5.14 Å². The van der Waals surface area contributed by atoms with Crippen LogP contribution in [0, 0.1) is 0 Å². The number of hydrogen-bond donors (Lipinski definition) is 6. The summed E-state index contributed by atoms with van der Waals surface area (Å²) in [5.41, 5.74) is 0.460. The minimum atomic E-state index is -4.14. The molecule has 304 valence electrons. The molecule has 2 aliphatic heterocycles. The van der Waals surface area contributed by atoms with Gasteiger partial charge in [-0.2, -0.15) is 20.2 Å². The zero-order chi connectivity index (χ0) is 39.7. The number of amides is 5. The minimum absolute atomic E-state index is 0.00114. The van der Waals surface area contributed by atoms with Gasteiger partial charge in [-0.3, -0.25) is 18.6 Å². The highest BCUT2D eigenvalue weighted by molar-refractivity contribution is 8.00. The number of benzene rings is 2. The number of unbranched alkanes of at least 4 members (excludes halogenated alkanes) is 3. The highest BCUT2D eigenvalue weighted by Crippen LogP contribution is 2.33. The van der Waals surface area contributed by atoms with Gasteiger partial charge in [-0.15, -0.1) is 0 Å². The van der Waals surface area contributed by atoms with Gasteiger partial charge >= 0.3 is 6.03 Å². The zero-order valence-electron chi connectivity index (χ0n) is 30.5. The van der Waals surface area contributed by atoms with Crippen molar-refractivity contribution >= 4 is 55.7 Å². The molecule has 0 unspecified atom stereocenters. The fourth-order valence-electron chi connectivity index (χ4n) is 5.84. The Balaban J connectivity index is 0.975. The minimum Gasteiger partial charge on any atom is -0.377 e. The quantitative estimate of drug-likeness (QED) is 0.0470. The topological polar surface area (TPSA) is 250 Å². The Morgan fingerprint density at radius 2 is 1.42 bits per heavy atom. The van der Waals surface area contributed by atoms with Crippen molar-refractivity contribution in [1.29, 1.82) is 0 Å². The summed E-state index contributed by atoms with van der Waals surface area (Å²) < 4.78 is 63.9. The summed E-state index contributed by atoms with van der Waals surface area (Å²) >= 11 is 1.86. The van der Waals surface area contributed by atoms with E-state index in [1.807, 2.05) is 11.8 Å². The van der Waals surface area contributed by atoms with E-state index in [4.69, 9.17) is 18.8 Å². The van der Waals surface area contributed by atoms with Crippen LogP contribution in [0.4, 0.5) is 4.79 Å². The molecule has 20 heteroatoms. The van der Waals surface area contributed by atoms with E-state index in [-0.39, 0.29) is 71.7 Å². The molecule has 0 saturated carbocycles. The second-order valence-corrected chi connectivity index (χ2v) is 17.3. The zero-order valence-corrected chi connectivity index (χ0v) is 32.9. The Bertz CT molecular complexity index is 1810. The average Bonchev–Trinajstić information content (AvgIpc) is 3.72. The third-order valence-corrected chi connectivity index (χ3v) is 12.5. The molecule has 0 bridgehead atoms. The van der Waals surface area contributed by atoms with E-state index in [1.54, 1.807) is 0 Å². The largest absolute Gasteiger partial charge is 0.377 e. The van der Waals surface area contributed by atoms with Crippen molar-refractivity contribution in [2.75, 3.05) is 58.4 Å². The molecular formula is C35H50N6O11S3. The number of fused-ring (bicyclic) bond motifs is 1. The van der Waals surface area contributed by atoms with Gasteiger partial charge in [-0.25, -0.2) is 18.4 Å². The maximum atomic E-state index is 12.7. The number of rotatable bonds is 25. The molecule has 2 aliphatic rings. The second-order valence-electron chi connectivity index (χ2n) is 12.9. The van der Waals surface area contributed by atoms with Crippen LogP contribution in [0.15, 0.2) is 58.3 Å². The summed E-state index contributed by atoms with van der Waals surface area (Å²) in [6, 6.07) is 11.1. The molecule has 17 nitrogen and oxygen atoms in total. The van der Waals surface area contributed by atoms with Crippen molar-refractivity contribution in [3.05, 3.63) is 59.7 Å². The van der Waals surface area contributed by atoms with Crippen LogP contribution >= 0.6 is 11.8 Å². The lowest BCUT2D eigenvalue weighted by molar-refractivity contribution is -0.121. The van der Waals surface area contributed by atoms with Crippen LogP contribution < -0.4 is 31.7 Å². The molecule has 5 amide bonds. The first kappa shape index (κ1) is 43.9. The predicted octanol–water partition coefficient (Wildman–Crippen LogP) is 1.24. The van der Waals surface area contributed by atoms with Gasteiger partial charge in [0, 0.05) is 48.2 Å². The van der Waals surface area contributed by atoms with E-state index in [1.165, 1.54) is 48.5 Å². The van der Waals surface area contributed by atoms with Gasteiger partial charge in [-0.1, -0.05) is 12.5 Å². The lowest BCUT2D eigenvalue weighted by Gasteiger charge is -2.16. The van der Waals surface area contributed by atoms with Crippen LogP contribution in [-0.2, 0) is 38.6 Å². The maximum Gasteiger partial charge on any atom is 0.315 e. The Hall–Kier alpha value is -3.79. The molecule has 2 heterocycles. The van der Waals surface area contributed by atoms with Crippen LogP contribution in [0.25, 0.3) is 0 Å². The van der Waals surface area contributed by atoms with Gasteiger partial charge in [0.25, 0.3) is 21.9 Å². The van der Waals surface area contributed by atoms with Gasteiger partial charge in [0.2, 0.25) is 15.9 Å². The third-order valence-electron chi connectivity index (χ3n) is 8.74. The number of thioether (sulfide) groups is 1. The number of carbonyl (C=O) groups is 4. The van der Waals surface area contributed by atoms with Crippen molar-refractivity contribution in [1.82, 2.24) is 26.6 Å². The fraction of sp³-hybridized carbons (Fsp3) is 0.543. The molecule has 2 saturated heterocycles. The normalized spacial score (nSPS) is 17.9. The standard InChI is InChI=1S/C35H50N6O11S3/c36-54(46,47)27-13-11-25(12-14-27)33(43)38-15-4-1-5-16-39-34(44)26-7-6-8-28(23-26)55(48,49)52-22-21-51-20-19-50-18-17-37-31(42)10-3-2-9-30-32-29(24-53-30)40-35(45)41-32/h6-8,11-14,23,29-30,32H,1-5,9-10,15-22,24H2,(H,37,42)(H,38,43)(H,39,44)(H2,36,46,47)(H2,40,41,45)/t29-,30-,32-/m0/s1. The van der Waals surface area contributed by atoms with Gasteiger partial charge in [0.05, 0.1) is 54.9 Å². The van der Waals surface area contributed by atoms with Gasteiger partial charge < -0.3 is 36.1 Å². The van der Waals surface area contributed by atoms with Gasteiger partial charge in [-0.05, 0) is 74.6 Å². The van der Waals surface area contributed by atoms with Gasteiger partial charge in [0.1, 0.15) is 0 Å². The monoisotopic (exact) mass is 826 g/mol. The summed E-state index contributed by atoms with van der Waals surface area (Å²) in [5, 5.41) is 19.7. The third kappa shape index (κ3) is 15.0. The molecule has 7 N–H and O–H groups in total.